The Balaban J connectivity index is 1.58. The first kappa shape index (κ1) is 22.8. The minimum atomic E-state index is -0.928. The number of anilines is 2. The fraction of sp³-hybridized carbons (Fsp3) is 0.440. The lowest BCUT2D eigenvalue weighted by Gasteiger charge is -2.30. The number of carbonyl (C=O) groups is 2. The van der Waals surface area contributed by atoms with Gasteiger partial charge in [-0.3, -0.25) is 4.90 Å². The van der Waals surface area contributed by atoms with E-state index in [9.17, 15) is 9.59 Å². The number of urea groups is 1. The predicted octanol–water partition coefficient (Wildman–Crippen LogP) is 5.06. The van der Waals surface area contributed by atoms with E-state index in [0.717, 1.165) is 48.2 Å². The molecule has 2 N–H and O–H groups in total. The number of hydrogen-bond acceptors (Lipinski definition) is 3. The van der Waals surface area contributed by atoms with Crippen molar-refractivity contribution in [3.63, 3.8) is 0 Å². The van der Waals surface area contributed by atoms with Gasteiger partial charge in [-0.05, 0) is 86.8 Å². The van der Waals surface area contributed by atoms with Gasteiger partial charge < -0.3 is 15.2 Å². The number of aryl methyl sites for hydroxylation is 2. The summed E-state index contributed by atoms with van der Waals surface area (Å²) in [6.45, 7) is 4.95. The smallest absolute Gasteiger partial charge is 0.329 e. The van der Waals surface area contributed by atoms with Crippen molar-refractivity contribution in [3.05, 3.63) is 59.7 Å². The Bertz CT molecular complexity index is 845. The molecule has 0 unspecified atom stereocenters. The van der Waals surface area contributed by atoms with Crippen molar-refractivity contribution in [2.75, 3.05) is 24.7 Å². The number of rotatable bonds is 8. The van der Waals surface area contributed by atoms with E-state index in [1.807, 2.05) is 62.4 Å². The monoisotopic (exact) mass is 424 g/mol. The van der Waals surface area contributed by atoms with Crippen molar-refractivity contribution in [1.29, 1.82) is 0 Å². The molecule has 2 aromatic rings. The van der Waals surface area contributed by atoms with Crippen LogP contribution in [0.3, 0.4) is 0 Å². The van der Waals surface area contributed by atoms with Crippen LogP contribution in [0.15, 0.2) is 48.5 Å². The van der Waals surface area contributed by atoms with Gasteiger partial charge in [-0.25, -0.2) is 9.59 Å². The highest BCUT2D eigenvalue weighted by molar-refractivity contribution is 5.99. The Hall–Kier alpha value is -2.86. The lowest BCUT2D eigenvalue weighted by atomic mass is 9.82. The molecular weight excluding hydrogens is 392 g/mol. The second kappa shape index (κ2) is 11.0. The van der Waals surface area contributed by atoms with Gasteiger partial charge >= 0.3 is 12.0 Å². The molecule has 31 heavy (non-hydrogen) atoms. The molecule has 0 bridgehead atoms. The first-order valence-corrected chi connectivity index (χ1v) is 10.9. The largest absolute Gasteiger partial charge is 0.480 e. The van der Waals surface area contributed by atoms with Gasteiger partial charge in [-0.15, -0.1) is 0 Å². The molecule has 6 nitrogen and oxygen atoms in total. The molecule has 0 radical (unpaired) electrons. The molecular formula is C25H32N2O4. The molecule has 0 heterocycles. The van der Waals surface area contributed by atoms with Gasteiger partial charge in [0.25, 0.3) is 0 Å². The zero-order valence-electron chi connectivity index (χ0n) is 18.3. The molecule has 3 rings (SSSR count). The van der Waals surface area contributed by atoms with Gasteiger partial charge in [-0.1, -0.05) is 24.3 Å². The van der Waals surface area contributed by atoms with Crippen molar-refractivity contribution < 1.29 is 19.4 Å². The van der Waals surface area contributed by atoms with Gasteiger partial charge in [0.05, 0.1) is 18.0 Å². The molecule has 166 valence electrons. The number of aliphatic carboxylic acids is 1. The molecule has 0 aliphatic heterocycles. The summed E-state index contributed by atoms with van der Waals surface area (Å²) >= 11 is 0. The third-order valence-corrected chi connectivity index (χ3v) is 5.81. The molecule has 1 saturated carbocycles. The summed E-state index contributed by atoms with van der Waals surface area (Å²) < 4.78 is 5.24. The Labute approximate surface area is 184 Å². The first-order valence-electron chi connectivity index (χ1n) is 10.9. The van der Waals surface area contributed by atoms with E-state index in [4.69, 9.17) is 9.84 Å². The minimum absolute atomic E-state index is 0.122. The number of carboxylic acid groups (broad SMARTS) is 1. The van der Waals surface area contributed by atoms with Gasteiger partial charge in [0.2, 0.25) is 0 Å². The van der Waals surface area contributed by atoms with Crippen molar-refractivity contribution in [2.24, 2.45) is 11.8 Å². The predicted molar refractivity (Wildman–Crippen MR) is 122 cm³/mol. The highest BCUT2D eigenvalue weighted by Gasteiger charge is 2.24. The maximum Gasteiger partial charge on any atom is 0.329 e. The summed E-state index contributed by atoms with van der Waals surface area (Å²) in [6, 6.07) is 15.8. The van der Waals surface area contributed by atoms with Crippen molar-refractivity contribution in [3.8, 4) is 0 Å². The summed E-state index contributed by atoms with van der Waals surface area (Å²) in [6.07, 6.45) is 4.02. The SMILES string of the molecule is Cc1cccc(N(C(=O)NC[C@H]2CC[C@H](COCC(=O)O)CC2)c2cccc(C)c2)c1. The fourth-order valence-corrected chi connectivity index (χ4v) is 4.14. The summed E-state index contributed by atoms with van der Waals surface area (Å²) in [4.78, 5) is 25.5. The van der Waals surface area contributed by atoms with Crippen LogP contribution in [0.4, 0.5) is 16.2 Å². The molecule has 1 fully saturated rings. The summed E-state index contributed by atoms with van der Waals surface area (Å²) in [5, 5.41) is 11.8. The topological polar surface area (TPSA) is 78.9 Å². The average molecular weight is 425 g/mol. The maximum atomic E-state index is 13.2. The second-order valence-corrected chi connectivity index (χ2v) is 8.50. The zero-order chi connectivity index (χ0) is 22.2. The zero-order valence-corrected chi connectivity index (χ0v) is 18.3. The number of ether oxygens (including phenoxy) is 1. The van der Waals surface area contributed by atoms with E-state index >= 15 is 0 Å². The number of benzene rings is 2. The number of carbonyl (C=O) groups excluding carboxylic acids is 1. The Morgan fingerprint density at radius 1 is 0.968 bits per heavy atom. The first-order chi connectivity index (χ1) is 14.9. The van der Waals surface area contributed by atoms with Crippen LogP contribution in [0.1, 0.15) is 36.8 Å². The number of nitrogens with zero attached hydrogens (tertiary/aromatic N) is 1. The maximum absolute atomic E-state index is 13.2. The van der Waals surface area contributed by atoms with Crippen LogP contribution >= 0.6 is 0 Å². The Morgan fingerprint density at radius 3 is 2.03 bits per heavy atom. The van der Waals surface area contributed by atoms with E-state index in [0.29, 0.717) is 25.0 Å². The second-order valence-electron chi connectivity index (χ2n) is 8.50. The third-order valence-electron chi connectivity index (χ3n) is 5.81. The lowest BCUT2D eigenvalue weighted by molar-refractivity contribution is -0.142. The molecule has 0 saturated heterocycles. The molecule has 2 aromatic carbocycles. The normalized spacial score (nSPS) is 18.4. The van der Waals surface area contributed by atoms with Crippen molar-refractivity contribution in [2.45, 2.75) is 39.5 Å². The average Bonchev–Trinajstić information content (AvgIpc) is 2.73. The number of amides is 2. The number of nitrogens with one attached hydrogen (secondary N) is 1. The van der Waals surface area contributed by atoms with Gasteiger partial charge in [0.1, 0.15) is 6.61 Å². The van der Waals surface area contributed by atoms with Crippen LogP contribution < -0.4 is 10.2 Å². The van der Waals surface area contributed by atoms with Crippen LogP contribution in [0.25, 0.3) is 0 Å². The van der Waals surface area contributed by atoms with E-state index in [1.54, 1.807) is 4.90 Å². The van der Waals surface area contributed by atoms with E-state index < -0.39 is 5.97 Å². The molecule has 2 amide bonds. The summed E-state index contributed by atoms with van der Waals surface area (Å²) in [7, 11) is 0. The summed E-state index contributed by atoms with van der Waals surface area (Å²) in [5.74, 6) is -0.0953. The standard InChI is InChI=1S/C25H32N2O4/c1-18-5-3-7-22(13-18)27(23-8-4-6-19(2)14-23)25(30)26-15-20-9-11-21(12-10-20)16-31-17-24(28)29/h3-8,13-14,20-21H,9-12,15-17H2,1-2H3,(H,26,30)(H,28,29)/t20-,21-. The highest BCUT2D eigenvalue weighted by atomic mass is 16.5. The van der Waals surface area contributed by atoms with Gasteiger partial charge in [0.15, 0.2) is 0 Å². The van der Waals surface area contributed by atoms with E-state index in [1.165, 1.54) is 0 Å². The fourth-order valence-electron chi connectivity index (χ4n) is 4.14. The minimum Gasteiger partial charge on any atom is -0.480 e. The van der Waals surface area contributed by atoms with Crippen LogP contribution in [-0.4, -0.2) is 36.9 Å². The van der Waals surface area contributed by atoms with Gasteiger partial charge in [-0.2, -0.15) is 0 Å². The lowest BCUT2D eigenvalue weighted by Crippen LogP contribution is -2.40. The van der Waals surface area contributed by atoms with Gasteiger partial charge in [0, 0.05) is 6.54 Å². The molecule has 1 aliphatic rings. The van der Waals surface area contributed by atoms with E-state index in [2.05, 4.69) is 5.32 Å². The number of hydrogen-bond donors (Lipinski definition) is 2. The molecule has 6 heteroatoms. The van der Waals surface area contributed by atoms with E-state index in [-0.39, 0.29) is 12.6 Å². The van der Waals surface area contributed by atoms with Crippen LogP contribution in [0.2, 0.25) is 0 Å². The molecule has 0 aromatic heterocycles. The molecule has 0 spiro atoms. The third kappa shape index (κ3) is 6.82. The van der Waals surface area contributed by atoms with Crippen LogP contribution in [0, 0.1) is 25.7 Å². The quantitative estimate of drug-likeness (QED) is 0.621. The highest BCUT2D eigenvalue weighted by Crippen LogP contribution is 2.30. The van der Waals surface area contributed by atoms with Crippen LogP contribution in [0.5, 0.6) is 0 Å². The molecule has 1 aliphatic carbocycles. The van der Waals surface area contributed by atoms with Crippen molar-refractivity contribution >= 4 is 23.4 Å². The number of carboxylic acids is 1. The Kier molecular flexibility index (Phi) is 8.06. The van der Waals surface area contributed by atoms with Crippen LogP contribution in [-0.2, 0) is 9.53 Å². The van der Waals surface area contributed by atoms with Crippen molar-refractivity contribution in [1.82, 2.24) is 5.32 Å². The Morgan fingerprint density at radius 2 is 1.52 bits per heavy atom. The summed E-state index contributed by atoms with van der Waals surface area (Å²) in [5.41, 5.74) is 3.91. The molecule has 0 atom stereocenters.